The molecule has 1 unspecified atom stereocenters. The van der Waals surface area contributed by atoms with Crippen molar-refractivity contribution < 1.29 is 9.53 Å². The molecule has 0 aliphatic rings. The van der Waals surface area contributed by atoms with Crippen molar-refractivity contribution in [3.8, 4) is 0 Å². The molecule has 2 heteroatoms. The number of benzene rings is 1. The van der Waals surface area contributed by atoms with E-state index < -0.39 is 0 Å². The van der Waals surface area contributed by atoms with Crippen molar-refractivity contribution in [3.63, 3.8) is 0 Å². The molecule has 142 valence electrons. The van der Waals surface area contributed by atoms with E-state index in [0.717, 1.165) is 29.9 Å². The molecule has 1 atom stereocenters. The smallest absolute Gasteiger partial charge is 0.313 e. The number of carbonyl (C=O) groups is 1. The summed E-state index contributed by atoms with van der Waals surface area (Å²) in [6, 6.07) is 8.04. The molecular formula is C23H38O2. The fraction of sp³-hybridized carbons (Fsp3) is 0.696. The zero-order valence-corrected chi connectivity index (χ0v) is 16.9. The van der Waals surface area contributed by atoms with Crippen LogP contribution >= 0.6 is 0 Å². The molecule has 0 spiro atoms. The SMILES string of the molecule is Cc1ccccc1C(C)C(=O)OCCCCCCCCCCC(C)C. The molecule has 0 aliphatic heterocycles. The summed E-state index contributed by atoms with van der Waals surface area (Å²) in [5, 5.41) is 0. The van der Waals surface area contributed by atoms with Gasteiger partial charge in [0.1, 0.15) is 0 Å². The van der Waals surface area contributed by atoms with Crippen LogP contribution in [0, 0.1) is 12.8 Å². The molecular weight excluding hydrogens is 308 g/mol. The average Bonchev–Trinajstić information content (AvgIpc) is 2.59. The monoisotopic (exact) mass is 346 g/mol. The highest BCUT2D eigenvalue weighted by atomic mass is 16.5. The molecule has 0 radical (unpaired) electrons. The Morgan fingerprint density at radius 1 is 0.880 bits per heavy atom. The van der Waals surface area contributed by atoms with Crippen LogP contribution in [0.1, 0.15) is 95.6 Å². The van der Waals surface area contributed by atoms with Gasteiger partial charge in [-0.3, -0.25) is 4.79 Å². The summed E-state index contributed by atoms with van der Waals surface area (Å²) in [4.78, 5) is 12.2. The predicted octanol–water partition coefficient (Wildman–Crippen LogP) is 6.81. The predicted molar refractivity (Wildman–Crippen MR) is 107 cm³/mol. The summed E-state index contributed by atoms with van der Waals surface area (Å²) in [6.45, 7) is 9.14. The highest BCUT2D eigenvalue weighted by molar-refractivity contribution is 5.78. The van der Waals surface area contributed by atoms with Gasteiger partial charge in [0.05, 0.1) is 12.5 Å². The normalized spacial score (nSPS) is 12.4. The maximum atomic E-state index is 12.2. The van der Waals surface area contributed by atoms with E-state index >= 15 is 0 Å². The van der Waals surface area contributed by atoms with Crippen LogP contribution in [0.2, 0.25) is 0 Å². The van der Waals surface area contributed by atoms with Crippen LogP contribution in [0.5, 0.6) is 0 Å². The van der Waals surface area contributed by atoms with Gasteiger partial charge >= 0.3 is 5.97 Å². The Balaban J connectivity index is 2.01. The third-order valence-corrected chi connectivity index (χ3v) is 4.93. The number of esters is 1. The summed E-state index contributed by atoms with van der Waals surface area (Å²) >= 11 is 0. The number of unbranched alkanes of at least 4 members (excludes halogenated alkanes) is 7. The minimum atomic E-state index is -0.174. The van der Waals surface area contributed by atoms with Crippen molar-refractivity contribution >= 4 is 5.97 Å². The molecule has 0 saturated heterocycles. The Bertz CT molecular complexity index is 479. The summed E-state index contributed by atoms with van der Waals surface area (Å²) < 4.78 is 5.46. The third-order valence-electron chi connectivity index (χ3n) is 4.93. The van der Waals surface area contributed by atoms with Gasteiger partial charge in [0.15, 0.2) is 0 Å². The summed E-state index contributed by atoms with van der Waals surface area (Å²) in [6.07, 6.45) is 11.6. The number of ether oxygens (including phenoxy) is 1. The van der Waals surface area contributed by atoms with Crippen LogP contribution in [-0.4, -0.2) is 12.6 Å². The number of aryl methyl sites for hydroxylation is 1. The lowest BCUT2D eigenvalue weighted by molar-refractivity contribution is -0.145. The maximum Gasteiger partial charge on any atom is 0.313 e. The number of rotatable bonds is 13. The highest BCUT2D eigenvalue weighted by Gasteiger charge is 2.17. The number of carbonyl (C=O) groups excluding carboxylic acids is 1. The van der Waals surface area contributed by atoms with Gasteiger partial charge in [0.2, 0.25) is 0 Å². The Hall–Kier alpha value is -1.31. The average molecular weight is 347 g/mol. The molecule has 0 fully saturated rings. The molecule has 2 nitrogen and oxygen atoms in total. The lowest BCUT2D eigenvalue weighted by atomic mass is 9.97. The van der Waals surface area contributed by atoms with Crippen molar-refractivity contribution in [2.45, 2.75) is 91.4 Å². The van der Waals surface area contributed by atoms with E-state index in [1.165, 1.54) is 44.9 Å². The molecule has 0 N–H and O–H groups in total. The first-order valence-electron chi connectivity index (χ1n) is 10.2. The van der Waals surface area contributed by atoms with Gasteiger partial charge in [-0.05, 0) is 37.3 Å². The summed E-state index contributed by atoms with van der Waals surface area (Å²) in [7, 11) is 0. The maximum absolute atomic E-state index is 12.2. The Morgan fingerprint density at radius 3 is 2.04 bits per heavy atom. The van der Waals surface area contributed by atoms with Crippen LogP contribution < -0.4 is 0 Å². The Kier molecular flexibility index (Phi) is 11.3. The van der Waals surface area contributed by atoms with E-state index in [4.69, 9.17) is 4.74 Å². The second-order valence-electron chi connectivity index (χ2n) is 7.76. The molecule has 0 amide bonds. The van der Waals surface area contributed by atoms with Crippen LogP contribution in [0.4, 0.5) is 0 Å². The first-order chi connectivity index (χ1) is 12.0. The Morgan fingerprint density at radius 2 is 1.44 bits per heavy atom. The molecule has 25 heavy (non-hydrogen) atoms. The van der Waals surface area contributed by atoms with E-state index in [1.807, 2.05) is 38.1 Å². The number of hydrogen-bond acceptors (Lipinski definition) is 2. The fourth-order valence-corrected chi connectivity index (χ4v) is 3.21. The van der Waals surface area contributed by atoms with Crippen LogP contribution in [0.25, 0.3) is 0 Å². The van der Waals surface area contributed by atoms with Crippen molar-refractivity contribution in [2.75, 3.05) is 6.61 Å². The van der Waals surface area contributed by atoms with Crippen molar-refractivity contribution in [3.05, 3.63) is 35.4 Å². The lowest BCUT2D eigenvalue weighted by Gasteiger charge is -2.14. The van der Waals surface area contributed by atoms with Gasteiger partial charge in [-0.25, -0.2) is 0 Å². The molecule has 1 aromatic carbocycles. The van der Waals surface area contributed by atoms with Gasteiger partial charge in [-0.15, -0.1) is 0 Å². The first-order valence-corrected chi connectivity index (χ1v) is 10.2. The van der Waals surface area contributed by atoms with Gasteiger partial charge < -0.3 is 4.74 Å². The third kappa shape index (κ3) is 9.67. The molecule has 1 aromatic rings. The first kappa shape index (κ1) is 21.7. The zero-order chi connectivity index (χ0) is 18.5. The quantitative estimate of drug-likeness (QED) is 0.290. The highest BCUT2D eigenvalue weighted by Crippen LogP contribution is 2.20. The zero-order valence-electron chi connectivity index (χ0n) is 16.9. The van der Waals surface area contributed by atoms with Gasteiger partial charge in [0.25, 0.3) is 0 Å². The second kappa shape index (κ2) is 13.0. The van der Waals surface area contributed by atoms with E-state index in [2.05, 4.69) is 13.8 Å². The summed E-state index contributed by atoms with van der Waals surface area (Å²) in [5.41, 5.74) is 2.23. The van der Waals surface area contributed by atoms with Crippen molar-refractivity contribution in [1.82, 2.24) is 0 Å². The second-order valence-corrected chi connectivity index (χ2v) is 7.76. The molecule has 0 heterocycles. The van der Waals surface area contributed by atoms with E-state index in [-0.39, 0.29) is 11.9 Å². The molecule has 0 saturated carbocycles. The minimum absolute atomic E-state index is 0.0977. The standard InChI is InChI=1S/C23H38O2/c1-19(2)15-11-9-7-5-6-8-10-14-18-25-23(24)21(4)22-17-13-12-16-20(22)3/h12-13,16-17,19,21H,5-11,14-15,18H2,1-4H3. The lowest BCUT2D eigenvalue weighted by Crippen LogP contribution is -2.14. The fourth-order valence-electron chi connectivity index (χ4n) is 3.21. The van der Waals surface area contributed by atoms with Gasteiger partial charge in [-0.2, -0.15) is 0 Å². The van der Waals surface area contributed by atoms with Gasteiger partial charge in [-0.1, -0.05) is 89.5 Å². The van der Waals surface area contributed by atoms with E-state index in [1.54, 1.807) is 0 Å². The van der Waals surface area contributed by atoms with Crippen LogP contribution in [0.3, 0.4) is 0 Å². The van der Waals surface area contributed by atoms with Crippen molar-refractivity contribution in [1.29, 1.82) is 0 Å². The summed E-state index contributed by atoms with van der Waals surface area (Å²) in [5.74, 6) is 0.572. The van der Waals surface area contributed by atoms with Crippen LogP contribution in [0.15, 0.2) is 24.3 Å². The minimum Gasteiger partial charge on any atom is -0.465 e. The topological polar surface area (TPSA) is 26.3 Å². The molecule has 0 aromatic heterocycles. The van der Waals surface area contributed by atoms with Crippen molar-refractivity contribution in [2.24, 2.45) is 5.92 Å². The number of hydrogen-bond donors (Lipinski definition) is 0. The largest absolute Gasteiger partial charge is 0.465 e. The Labute approximate surface area is 155 Å². The molecule has 0 aliphatic carbocycles. The van der Waals surface area contributed by atoms with E-state index in [0.29, 0.717) is 6.61 Å². The van der Waals surface area contributed by atoms with E-state index in [9.17, 15) is 4.79 Å². The molecule has 1 rings (SSSR count). The molecule has 0 bridgehead atoms. The van der Waals surface area contributed by atoms with Crippen LogP contribution in [-0.2, 0) is 9.53 Å². The van der Waals surface area contributed by atoms with Gasteiger partial charge in [0, 0.05) is 0 Å².